The van der Waals surface area contributed by atoms with Crippen LogP contribution in [0.15, 0.2) is 0 Å². The summed E-state index contributed by atoms with van der Waals surface area (Å²) < 4.78 is 0. The van der Waals surface area contributed by atoms with Crippen molar-refractivity contribution in [3.8, 4) is 0 Å². The molecule has 2 aliphatic rings. The molecule has 2 fully saturated rings. The van der Waals surface area contributed by atoms with Crippen LogP contribution in [-0.2, 0) is 0 Å². The second-order valence-corrected chi connectivity index (χ2v) is 3.09. The first kappa shape index (κ1) is 5.65. The summed E-state index contributed by atoms with van der Waals surface area (Å²) in [5.74, 6) is 5.77. The third-order valence-corrected chi connectivity index (χ3v) is 2.42. The van der Waals surface area contributed by atoms with Gasteiger partial charge >= 0.3 is 0 Å². The van der Waals surface area contributed by atoms with Gasteiger partial charge in [0.05, 0.1) is 0 Å². The molecule has 0 amide bonds. The van der Waals surface area contributed by atoms with Gasteiger partial charge in [-0.1, -0.05) is 0 Å². The quantitative estimate of drug-likeness (QED) is 0.423. The third kappa shape index (κ3) is 0.764. The summed E-state index contributed by atoms with van der Waals surface area (Å²) in [6.07, 6.45) is 2.58. The monoisotopic (exact) mass is 127 g/mol. The number of piperazine rings is 1. The fourth-order valence-corrected chi connectivity index (χ4v) is 1.47. The molecule has 3 N–H and O–H groups in total. The van der Waals surface area contributed by atoms with E-state index in [4.69, 9.17) is 5.84 Å². The molecule has 1 aliphatic carbocycles. The summed E-state index contributed by atoms with van der Waals surface area (Å²) in [6, 6.07) is 0. The van der Waals surface area contributed by atoms with E-state index in [9.17, 15) is 0 Å². The molecule has 1 heterocycles. The zero-order valence-corrected chi connectivity index (χ0v) is 5.56. The molecule has 0 atom stereocenters. The SMILES string of the molecule is NN1CCNCC12CC2. The lowest BCUT2D eigenvalue weighted by atomic mass is 10.2. The molecule has 3 nitrogen and oxygen atoms in total. The van der Waals surface area contributed by atoms with Gasteiger partial charge in [-0.15, -0.1) is 0 Å². The number of rotatable bonds is 0. The molecule has 3 heteroatoms. The van der Waals surface area contributed by atoms with Crippen molar-refractivity contribution in [3.05, 3.63) is 0 Å². The van der Waals surface area contributed by atoms with E-state index in [1.54, 1.807) is 0 Å². The van der Waals surface area contributed by atoms with Crippen LogP contribution in [0.25, 0.3) is 0 Å². The fourth-order valence-electron chi connectivity index (χ4n) is 1.47. The highest BCUT2D eigenvalue weighted by Crippen LogP contribution is 2.40. The van der Waals surface area contributed by atoms with Crippen LogP contribution in [0.4, 0.5) is 0 Å². The van der Waals surface area contributed by atoms with Crippen molar-refractivity contribution < 1.29 is 0 Å². The zero-order chi connectivity index (χ0) is 6.32. The average molecular weight is 127 g/mol. The Balaban J connectivity index is 2.03. The summed E-state index contributed by atoms with van der Waals surface area (Å²) in [7, 11) is 0. The molecule has 0 aromatic carbocycles. The van der Waals surface area contributed by atoms with Crippen LogP contribution < -0.4 is 11.2 Å². The molecule has 9 heavy (non-hydrogen) atoms. The molecule has 1 saturated carbocycles. The lowest BCUT2D eigenvalue weighted by Crippen LogP contribution is -2.56. The molecule has 0 aromatic heterocycles. The van der Waals surface area contributed by atoms with Crippen molar-refractivity contribution in [2.75, 3.05) is 19.6 Å². The van der Waals surface area contributed by atoms with Gasteiger partial charge in [-0.25, -0.2) is 5.01 Å². The number of nitrogens with two attached hydrogens (primary N) is 1. The van der Waals surface area contributed by atoms with E-state index in [1.807, 2.05) is 5.01 Å². The van der Waals surface area contributed by atoms with Gasteiger partial charge in [-0.3, -0.25) is 5.84 Å². The topological polar surface area (TPSA) is 41.3 Å². The Kier molecular flexibility index (Phi) is 1.06. The predicted molar refractivity (Wildman–Crippen MR) is 35.7 cm³/mol. The molecule has 0 bridgehead atoms. The first-order valence-electron chi connectivity index (χ1n) is 3.57. The van der Waals surface area contributed by atoms with Gasteiger partial charge in [-0.2, -0.15) is 0 Å². The summed E-state index contributed by atoms with van der Waals surface area (Å²) in [5.41, 5.74) is 0.387. The Morgan fingerprint density at radius 2 is 2.22 bits per heavy atom. The minimum atomic E-state index is 0.387. The second kappa shape index (κ2) is 1.68. The Morgan fingerprint density at radius 3 is 2.67 bits per heavy atom. The number of hydrogen-bond acceptors (Lipinski definition) is 3. The van der Waals surface area contributed by atoms with E-state index in [-0.39, 0.29) is 0 Å². The Labute approximate surface area is 55.2 Å². The number of hydrogen-bond donors (Lipinski definition) is 2. The molecule has 1 spiro atoms. The third-order valence-electron chi connectivity index (χ3n) is 2.42. The second-order valence-electron chi connectivity index (χ2n) is 3.09. The maximum atomic E-state index is 5.77. The summed E-state index contributed by atoms with van der Waals surface area (Å²) >= 11 is 0. The van der Waals surface area contributed by atoms with Crippen LogP contribution in [0.1, 0.15) is 12.8 Å². The molecule has 0 aromatic rings. The minimum absolute atomic E-state index is 0.387. The summed E-state index contributed by atoms with van der Waals surface area (Å²) in [6.45, 7) is 3.17. The Morgan fingerprint density at radius 1 is 1.44 bits per heavy atom. The zero-order valence-electron chi connectivity index (χ0n) is 5.56. The van der Waals surface area contributed by atoms with E-state index >= 15 is 0 Å². The van der Waals surface area contributed by atoms with E-state index < -0.39 is 0 Å². The Hall–Kier alpha value is -0.120. The van der Waals surface area contributed by atoms with Crippen molar-refractivity contribution in [2.45, 2.75) is 18.4 Å². The molecule has 52 valence electrons. The van der Waals surface area contributed by atoms with Crippen LogP contribution in [0.5, 0.6) is 0 Å². The highest BCUT2D eigenvalue weighted by Gasteiger charge is 2.47. The lowest BCUT2D eigenvalue weighted by Gasteiger charge is -2.32. The highest BCUT2D eigenvalue weighted by molar-refractivity contribution is 5.05. The van der Waals surface area contributed by atoms with Gasteiger partial charge in [0.1, 0.15) is 0 Å². The Bertz CT molecular complexity index is 119. The first-order chi connectivity index (χ1) is 4.33. The maximum Gasteiger partial charge on any atom is 0.0477 e. The van der Waals surface area contributed by atoms with Crippen molar-refractivity contribution in [1.29, 1.82) is 0 Å². The molecule has 1 saturated heterocycles. The highest BCUT2D eigenvalue weighted by atomic mass is 15.5. The van der Waals surface area contributed by atoms with E-state index in [0.29, 0.717) is 5.54 Å². The molecule has 0 radical (unpaired) electrons. The summed E-state index contributed by atoms with van der Waals surface area (Å²) in [4.78, 5) is 0. The predicted octanol–water partition coefficient (Wildman–Crippen LogP) is -0.702. The number of nitrogens with zero attached hydrogens (tertiary/aromatic N) is 1. The molecular formula is C6H13N3. The van der Waals surface area contributed by atoms with Gasteiger partial charge in [0.2, 0.25) is 0 Å². The van der Waals surface area contributed by atoms with Gasteiger partial charge in [-0.05, 0) is 12.8 Å². The van der Waals surface area contributed by atoms with Crippen molar-refractivity contribution in [2.24, 2.45) is 5.84 Å². The largest absolute Gasteiger partial charge is 0.314 e. The number of hydrazine groups is 1. The molecule has 2 rings (SSSR count). The maximum absolute atomic E-state index is 5.77. The average Bonchev–Trinajstić information content (AvgIpc) is 2.60. The van der Waals surface area contributed by atoms with E-state index in [0.717, 1.165) is 19.6 Å². The minimum Gasteiger partial charge on any atom is -0.314 e. The molecular weight excluding hydrogens is 114 g/mol. The van der Waals surface area contributed by atoms with Crippen LogP contribution in [0.2, 0.25) is 0 Å². The van der Waals surface area contributed by atoms with Crippen molar-refractivity contribution in [3.63, 3.8) is 0 Å². The van der Waals surface area contributed by atoms with Crippen molar-refractivity contribution in [1.82, 2.24) is 10.3 Å². The van der Waals surface area contributed by atoms with Gasteiger partial charge in [0, 0.05) is 25.2 Å². The van der Waals surface area contributed by atoms with Gasteiger partial charge in [0.15, 0.2) is 0 Å². The van der Waals surface area contributed by atoms with Gasteiger partial charge in [0.25, 0.3) is 0 Å². The smallest absolute Gasteiger partial charge is 0.0477 e. The summed E-state index contributed by atoms with van der Waals surface area (Å²) in [5, 5.41) is 5.35. The normalized spacial score (nSPS) is 33.0. The lowest BCUT2D eigenvalue weighted by molar-refractivity contribution is 0.145. The first-order valence-corrected chi connectivity index (χ1v) is 3.57. The van der Waals surface area contributed by atoms with Crippen LogP contribution in [0, 0.1) is 0 Å². The van der Waals surface area contributed by atoms with Crippen molar-refractivity contribution >= 4 is 0 Å². The molecule has 0 unspecified atom stereocenters. The van der Waals surface area contributed by atoms with Crippen LogP contribution >= 0.6 is 0 Å². The van der Waals surface area contributed by atoms with Gasteiger partial charge < -0.3 is 5.32 Å². The fraction of sp³-hybridized carbons (Fsp3) is 1.00. The standard InChI is InChI=1S/C6H13N3/c7-9-4-3-8-5-6(9)1-2-6/h8H,1-5,7H2. The van der Waals surface area contributed by atoms with E-state index in [2.05, 4.69) is 5.32 Å². The van der Waals surface area contributed by atoms with Crippen LogP contribution in [0.3, 0.4) is 0 Å². The van der Waals surface area contributed by atoms with E-state index in [1.165, 1.54) is 12.8 Å². The van der Waals surface area contributed by atoms with Crippen LogP contribution in [-0.4, -0.2) is 30.2 Å². The molecule has 1 aliphatic heterocycles. The number of nitrogens with one attached hydrogen (secondary N) is 1.